The number of H-pyrrole nitrogens is 1. The van der Waals surface area contributed by atoms with E-state index in [4.69, 9.17) is 0 Å². The van der Waals surface area contributed by atoms with Crippen molar-refractivity contribution in [2.45, 2.75) is 51.0 Å². The molecule has 0 unspecified atom stereocenters. The fourth-order valence-corrected chi connectivity index (χ4v) is 2.61. The van der Waals surface area contributed by atoms with Gasteiger partial charge in [-0.25, -0.2) is 4.98 Å². The van der Waals surface area contributed by atoms with Gasteiger partial charge in [-0.1, -0.05) is 6.92 Å². The molecule has 2 amide bonds. The van der Waals surface area contributed by atoms with E-state index >= 15 is 0 Å². The van der Waals surface area contributed by atoms with Crippen LogP contribution in [-0.2, 0) is 4.79 Å². The zero-order valence-electron chi connectivity index (χ0n) is 12.3. The normalized spacial score (nSPS) is 19.6. The molecular weight excluding hydrogens is 270 g/mol. The summed E-state index contributed by atoms with van der Waals surface area (Å²) in [6.07, 6.45) is 4.34. The van der Waals surface area contributed by atoms with Crippen LogP contribution in [-0.4, -0.2) is 51.0 Å². The van der Waals surface area contributed by atoms with Gasteiger partial charge in [0.15, 0.2) is 0 Å². The van der Waals surface area contributed by atoms with E-state index in [0.29, 0.717) is 25.4 Å². The first-order valence-corrected chi connectivity index (χ1v) is 7.68. The summed E-state index contributed by atoms with van der Waals surface area (Å²) in [7, 11) is 0. The molecule has 0 spiro atoms. The Morgan fingerprint density at radius 3 is 2.62 bits per heavy atom. The molecule has 1 aliphatic heterocycles. The summed E-state index contributed by atoms with van der Waals surface area (Å²) in [6.45, 7) is 3.12. The molecule has 7 heteroatoms. The van der Waals surface area contributed by atoms with Crippen LogP contribution in [0.3, 0.4) is 0 Å². The van der Waals surface area contributed by atoms with E-state index in [2.05, 4.69) is 20.5 Å². The number of nitrogens with zero attached hydrogens (tertiary/aromatic N) is 3. The predicted octanol–water partition coefficient (Wildman–Crippen LogP) is 0.813. The van der Waals surface area contributed by atoms with E-state index in [1.165, 1.54) is 0 Å². The largest absolute Gasteiger partial charge is 0.353 e. The predicted molar refractivity (Wildman–Crippen MR) is 75.7 cm³/mol. The maximum absolute atomic E-state index is 12.3. The Morgan fingerprint density at radius 1 is 1.29 bits per heavy atom. The van der Waals surface area contributed by atoms with Gasteiger partial charge in [0.25, 0.3) is 5.91 Å². The van der Waals surface area contributed by atoms with Gasteiger partial charge in [0.05, 0.1) is 0 Å². The summed E-state index contributed by atoms with van der Waals surface area (Å²) in [5, 5.41) is 9.88. The van der Waals surface area contributed by atoms with Crippen LogP contribution in [0.2, 0.25) is 0 Å². The van der Waals surface area contributed by atoms with Crippen LogP contribution in [0.5, 0.6) is 0 Å². The lowest BCUT2D eigenvalue weighted by Crippen LogP contribution is -2.46. The molecule has 3 rings (SSSR count). The van der Waals surface area contributed by atoms with Crippen LogP contribution < -0.4 is 5.32 Å². The summed E-state index contributed by atoms with van der Waals surface area (Å²) in [4.78, 5) is 29.8. The zero-order valence-corrected chi connectivity index (χ0v) is 12.3. The van der Waals surface area contributed by atoms with Crippen molar-refractivity contribution in [1.29, 1.82) is 0 Å². The Hall–Kier alpha value is -1.92. The van der Waals surface area contributed by atoms with Crippen molar-refractivity contribution < 1.29 is 9.59 Å². The van der Waals surface area contributed by atoms with Crippen molar-refractivity contribution in [1.82, 2.24) is 25.4 Å². The minimum Gasteiger partial charge on any atom is -0.353 e. The van der Waals surface area contributed by atoms with E-state index in [1.54, 1.807) is 4.90 Å². The van der Waals surface area contributed by atoms with Gasteiger partial charge in [-0.3, -0.25) is 14.7 Å². The molecule has 2 N–H and O–H groups in total. The van der Waals surface area contributed by atoms with Gasteiger partial charge in [-0.15, -0.1) is 5.10 Å². The third kappa shape index (κ3) is 3.22. The van der Waals surface area contributed by atoms with Gasteiger partial charge in [0, 0.05) is 31.5 Å². The second-order valence-electron chi connectivity index (χ2n) is 5.81. The Kier molecular flexibility index (Phi) is 3.90. The van der Waals surface area contributed by atoms with E-state index in [9.17, 15) is 9.59 Å². The number of carbonyl (C=O) groups is 2. The number of aromatic nitrogens is 3. The van der Waals surface area contributed by atoms with Crippen molar-refractivity contribution in [3.8, 4) is 0 Å². The second kappa shape index (κ2) is 5.83. The molecule has 0 atom stereocenters. The van der Waals surface area contributed by atoms with Gasteiger partial charge in [-0.05, 0) is 25.7 Å². The van der Waals surface area contributed by atoms with Crippen molar-refractivity contribution in [3.05, 3.63) is 11.6 Å². The van der Waals surface area contributed by atoms with Crippen molar-refractivity contribution >= 4 is 11.8 Å². The summed E-state index contributed by atoms with van der Waals surface area (Å²) in [6, 6.07) is 0.177. The number of hydrogen-bond donors (Lipinski definition) is 2. The van der Waals surface area contributed by atoms with Crippen LogP contribution in [0.4, 0.5) is 0 Å². The monoisotopic (exact) mass is 291 g/mol. The van der Waals surface area contributed by atoms with Crippen LogP contribution in [0.15, 0.2) is 0 Å². The third-order valence-corrected chi connectivity index (χ3v) is 4.13. The fraction of sp³-hybridized carbons (Fsp3) is 0.714. The van der Waals surface area contributed by atoms with Gasteiger partial charge < -0.3 is 10.2 Å². The summed E-state index contributed by atoms with van der Waals surface area (Å²) >= 11 is 0. The van der Waals surface area contributed by atoms with E-state index in [1.807, 2.05) is 6.92 Å². The van der Waals surface area contributed by atoms with Crippen molar-refractivity contribution in [2.24, 2.45) is 0 Å². The second-order valence-corrected chi connectivity index (χ2v) is 5.81. The van der Waals surface area contributed by atoms with Crippen LogP contribution in [0.25, 0.3) is 0 Å². The van der Waals surface area contributed by atoms with Gasteiger partial charge in [-0.2, -0.15) is 0 Å². The number of piperidine rings is 1. The highest BCUT2D eigenvalue weighted by molar-refractivity contribution is 5.90. The first-order valence-electron chi connectivity index (χ1n) is 7.68. The van der Waals surface area contributed by atoms with E-state index in [0.717, 1.165) is 31.5 Å². The number of carbonyl (C=O) groups excluding carboxylic acids is 2. The highest BCUT2D eigenvalue weighted by atomic mass is 16.2. The number of amides is 2. The minimum atomic E-state index is -0.113. The fourth-order valence-electron chi connectivity index (χ4n) is 2.61. The van der Waals surface area contributed by atoms with E-state index in [-0.39, 0.29) is 23.7 Å². The van der Waals surface area contributed by atoms with Crippen LogP contribution in [0, 0.1) is 0 Å². The molecule has 1 aromatic heterocycles. The molecule has 0 bridgehead atoms. The quantitative estimate of drug-likeness (QED) is 0.859. The molecule has 1 aromatic rings. The lowest BCUT2D eigenvalue weighted by molar-refractivity contribution is -0.121. The molecular formula is C14H21N5O2. The summed E-state index contributed by atoms with van der Waals surface area (Å²) in [5.74, 6) is 1.53. The molecule has 21 heavy (non-hydrogen) atoms. The van der Waals surface area contributed by atoms with Gasteiger partial charge in [0.1, 0.15) is 5.82 Å². The Labute approximate surface area is 123 Å². The minimum absolute atomic E-state index is 0.0721. The first kappa shape index (κ1) is 14.0. The average molecular weight is 291 g/mol. The lowest BCUT2D eigenvalue weighted by atomic mass is 10.0. The molecule has 1 saturated carbocycles. The maximum Gasteiger partial charge on any atom is 0.293 e. The number of aromatic amines is 1. The molecule has 0 radical (unpaired) electrons. The van der Waals surface area contributed by atoms with Crippen molar-refractivity contribution in [2.75, 3.05) is 13.1 Å². The van der Waals surface area contributed by atoms with Gasteiger partial charge in [0.2, 0.25) is 11.7 Å². The summed E-state index contributed by atoms with van der Waals surface area (Å²) in [5.41, 5.74) is 0. The maximum atomic E-state index is 12.3. The first-order chi connectivity index (χ1) is 10.2. The third-order valence-electron chi connectivity index (χ3n) is 4.13. The Bertz CT molecular complexity index is 529. The molecule has 7 nitrogen and oxygen atoms in total. The number of nitrogens with one attached hydrogen (secondary N) is 2. The van der Waals surface area contributed by atoms with E-state index < -0.39 is 0 Å². The molecule has 2 heterocycles. The van der Waals surface area contributed by atoms with Crippen molar-refractivity contribution in [3.63, 3.8) is 0 Å². The number of hydrogen-bond acceptors (Lipinski definition) is 4. The zero-order chi connectivity index (χ0) is 14.8. The number of likely N-dealkylation sites (tertiary alicyclic amines) is 1. The van der Waals surface area contributed by atoms with Crippen LogP contribution in [0.1, 0.15) is 61.4 Å². The van der Waals surface area contributed by atoms with Gasteiger partial charge >= 0.3 is 0 Å². The van der Waals surface area contributed by atoms with Crippen LogP contribution >= 0.6 is 0 Å². The summed E-state index contributed by atoms with van der Waals surface area (Å²) < 4.78 is 0. The smallest absolute Gasteiger partial charge is 0.293 e. The highest BCUT2D eigenvalue weighted by Crippen LogP contribution is 2.37. The SMILES string of the molecule is CCC(=O)NC1CCN(C(=O)c2n[nH]c(C3CC3)n2)CC1. The molecule has 2 aliphatic rings. The standard InChI is InChI=1S/C14H21N5O2/c1-2-11(20)15-10-5-7-19(8-6-10)14(21)13-16-12(17-18-13)9-3-4-9/h9-10H,2-8H2,1H3,(H,15,20)(H,16,17,18). The average Bonchev–Trinajstić information content (AvgIpc) is 3.24. The molecule has 2 fully saturated rings. The lowest BCUT2D eigenvalue weighted by Gasteiger charge is -2.31. The molecule has 114 valence electrons. The Morgan fingerprint density at radius 2 is 2.00 bits per heavy atom. The molecule has 0 aromatic carbocycles. The molecule has 1 saturated heterocycles. The highest BCUT2D eigenvalue weighted by Gasteiger charge is 2.30. The molecule has 1 aliphatic carbocycles. The Balaban J connectivity index is 1.53. The number of rotatable bonds is 4. The topological polar surface area (TPSA) is 91.0 Å².